The maximum Gasteiger partial charge on any atom is 0.348 e. The standard InChI is InChI=1S/C27H29N3O6S/c1-14-21-24(37-23(14)27(34)36-18-8-6-5-7-9-18)28-13-30(26(21)33)15(2)22(31)17-10-11-20-19(12-17)29(4)25(32)16(3)35-20/h10-13,15-16,18H,5-9H2,1-4H3. The SMILES string of the molecule is Cc1c(C(=O)OC2CCCCC2)sc2ncn(C(C)C(=O)c3ccc4c(c3)N(C)C(=O)C(C)O4)c(=O)c12. The molecule has 1 aromatic carbocycles. The topological polar surface area (TPSA) is 108 Å². The molecule has 3 heterocycles. The average Bonchev–Trinajstić information content (AvgIpc) is 3.24. The summed E-state index contributed by atoms with van der Waals surface area (Å²) in [6, 6.07) is 4.03. The van der Waals surface area contributed by atoms with Crippen LogP contribution in [0.2, 0.25) is 0 Å². The summed E-state index contributed by atoms with van der Waals surface area (Å²) in [7, 11) is 1.64. The molecule has 2 atom stereocenters. The molecule has 2 unspecified atom stereocenters. The van der Waals surface area contributed by atoms with Crippen LogP contribution in [-0.2, 0) is 9.53 Å². The summed E-state index contributed by atoms with van der Waals surface area (Å²) in [6.45, 7) is 5.02. The Labute approximate surface area is 218 Å². The van der Waals surface area contributed by atoms with Crippen molar-refractivity contribution in [2.24, 2.45) is 0 Å². The number of aromatic nitrogens is 2. The minimum atomic E-state index is -0.858. The molecule has 0 N–H and O–H groups in total. The van der Waals surface area contributed by atoms with Crippen LogP contribution in [0.1, 0.15) is 77.6 Å². The first-order valence-electron chi connectivity index (χ1n) is 12.5. The number of hydrogen-bond acceptors (Lipinski definition) is 8. The first kappa shape index (κ1) is 25.1. The number of Topliss-reactive ketones (excluding diaryl/α,β-unsaturated/α-hetero) is 1. The molecular formula is C27H29N3O6S. The zero-order chi connectivity index (χ0) is 26.4. The van der Waals surface area contributed by atoms with Crippen LogP contribution in [0.4, 0.5) is 5.69 Å². The molecule has 1 amide bonds. The van der Waals surface area contributed by atoms with E-state index in [4.69, 9.17) is 9.47 Å². The molecule has 2 aromatic heterocycles. The third kappa shape index (κ3) is 4.43. The second-order valence-corrected chi connectivity index (χ2v) is 10.7. The van der Waals surface area contributed by atoms with Crippen molar-refractivity contribution in [3.63, 3.8) is 0 Å². The first-order valence-corrected chi connectivity index (χ1v) is 13.3. The van der Waals surface area contributed by atoms with Crippen LogP contribution < -0.4 is 15.2 Å². The van der Waals surface area contributed by atoms with Crippen LogP contribution in [0.3, 0.4) is 0 Å². The highest BCUT2D eigenvalue weighted by atomic mass is 32.1. The number of thiophene rings is 1. The summed E-state index contributed by atoms with van der Waals surface area (Å²) < 4.78 is 12.6. The van der Waals surface area contributed by atoms with Crippen LogP contribution >= 0.6 is 11.3 Å². The molecule has 0 spiro atoms. The highest BCUT2D eigenvalue weighted by molar-refractivity contribution is 7.20. The Morgan fingerprint density at radius 1 is 1.19 bits per heavy atom. The average molecular weight is 524 g/mol. The van der Waals surface area contributed by atoms with E-state index in [-0.39, 0.29) is 17.8 Å². The van der Waals surface area contributed by atoms with Crippen LogP contribution in [0.25, 0.3) is 10.2 Å². The second-order valence-electron chi connectivity index (χ2n) is 9.74. The van der Waals surface area contributed by atoms with Gasteiger partial charge in [-0.15, -0.1) is 11.3 Å². The van der Waals surface area contributed by atoms with E-state index in [2.05, 4.69) is 4.98 Å². The smallest absolute Gasteiger partial charge is 0.348 e. The summed E-state index contributed by atoms with van der Waals surface area (Å²) >= 11 is 1.14. The summed E-state index contributed by atoms with van der Waals surface area (Å²) in [5, 5.41) is 0.320. The number of fused-ring (bicyclic) bond motifs is 2. The largest absolute Gasteiger partial charge is 0.479 e. The number of esters is 1. The van der Waals surface area contributed by atoms with Crippen molar-refractivity contribution in [1.82, 2.24) is 9.55 Å². The summed E-state index contributed by atoms with van der Waals surface area (Å²) in [5.74, 6) is -0.426. The Hall–Kier alpha value is -3.53. The van der Waals surface area contributed by atoms with Crippen molar-refractivity contribution in [1.29, 1.82) is 0 Å². The van der Waals surface area contributed by atoms with Crippen LogP contribution in [0, 0.1) is 6.92 Å². The quantitative estimate of drug-likeness (QED) is 0.359. The number of hydrogen-bond donors (Lipinski definition) is 0. The predicted octanol–water partition coefficient (Wildman–Crippen LogP) is 4.44. The van der Waals surface area contributed by atoms with Crippen molar-refractivity contribution in [2.75, 3.05) is 11.9 Å². The van der Waals surface area contributed by atoms with Gasteiger partial charge in [0.25, 0.3) is 11.5 Å². The van der Waals surface area contributed by atoms with E-state index in [9.17, 15) is 19.2 Å². The van der Waals surface area contributed by atoms with Gasteiger partial charge in [-0.2, -0.15) is 0 Å². The van der Waals surface area contributed by atoms with Gasteiger partial charge in [0.2, 0.25) is 0 Å². The predicted molar refractivity (Wildman–Crippen MR) is 140 cm³/mol. The zero-order valence-electron chi connectivity index (χ0n) is 21.3. The lowest BCUT2D eigenvalue weighted by Gasteiger charge is -2.30. The number of amides is 1. The Bertz CT molecular complexity index is 1470. The molecule has 1 aliphatic heterocycles. The zero-order valence-corrected chi connectivity index (χ0v) is 22.1. The number of likely N-dealkylation sites (N-methyl/N-ethyl adjacent to an activating group) is 1. The van der Waals surface area contributed by atoms with E-state index in [1.54, 1.807) is 46.0 Å². The van der Waals surface area contributed by atoms with Gasteiger partial charge in [0.15, 0.2) is 11.9 Å². The molecule has 0 bridgehead atoms. The maximum absolute atomic E-state index is 13.5. The molecule has 5 rings (SSSR count). The fraction of sp³-hybridized carbons (Fsp3) is 0.444. The Kier molecular flexibility index (Phi) is 6.61. The second kappa shape index (κ2) is 9.74. The molecule has 3 aromatic rings. The van der Waals surface area contributed by atoms with Gasteiger partial charge in [-0.3, -0.25) is 19.0 Å². The van der Waals surface area contributed by atoms with E-state index >= 15 is 0 Å². The first-order chi connectivity index (χ1) is 17.7. The number of nitrogens with zero attached hydrogens (tertiary/aromatic N) is 3. The third-order valence-electron chi connectivity index (χ3n) is 7.27. The highest BCUT2D eigenvalue weighted by Gasteiger charge is 2.31. The Morgan fingerprint density at radius 2 is 1.92 bits per heavy atom. The molecule has 1 fully saturated rings. The fourth-order valence-electron chi connectivity index (χ4n) is 5.03. The number of aryl methyl sites for hydroxylation is 1. The molecule has 10 heteroatoms. The molecule has 0 saturated heterocycles. The summed E-state index contributed by atoms with van der Waals surface area (Å²) in [5.41, 5.74) is 0.970. The van der Waals surface area contributed by atoms with Gasteiger partial charge in [-0.1, -0.05) is 6.42 Å². The minimum Gasteiger partial charge on any atom is -0.479 e. The van der Waals surface area contributed by atoms with Crippen molar-refractivity contribution in [2.45, 2.75) is 71.1 Å². The van der Waals surface area contributed by atoms with Crippen LogP contribution in [-0.4, -0.2) is 46.5 Å². The lowest BCUT2D eigenvalue weighted by molar-refractivity contribution is -0.125. The number of ether oxygens (including phenoxy) is 2. The number of anilines is 1. The highest BCUT2D eigenvalue weighted by Crippen LogP contribution is 2.35. The normalized spacial score (nSPS) is 18.9. The van der Waals surface area contributed by atoms with Crippen molar-refractivity contribution >= 4 is 44.9 Å². The van der Waals surface area contributed by atoms with E-state index < -0.39 is 23.7 Å². The maximum atomic E-state index is 13.5. The van der Waals surface area contributed by atoms with E-state index in [1.807, 2.05) is 0 Å². The number of rotatable bonds is 5. The Morgan fingerprint density at radius 3 is 2.65 bits per heavy atom. The van der Waals surface area contributed by atoms with Gasteiger partial charge in [-0.05, 0) is 70.2 Å². The molecule has 9 nitrogen and oxygen atoms in total. The molecule has 1 aliphatic carbocycles. The third-order valence-corrected chi connectivity index (χ3v) is 8.45. The summed E-state index contributed by atoms with van der Waals surface area (Å²) in [6.07, 6.45) is 5.62. The Balaban J connectivity index is 1.43. The van der Waals surface area contributed by atoms with Crippen LogP contribution in [0.15, 0.2) is 29.3 Å². The lowest BCUT2D eigenvalue weighted by atomic mass is 9.98. The van der Waals surface area contributed by atoms with Gasteiger partial charge in [0.05, 0.1) is 23.4 Å². The molecule has 37 heavy (non-hydrogen) atoms. The van der Waals surface area contributed by atoms with Gasteiger partial charge < -0.3 is 14.4 Å². The van der Waals surface area contributed by atoms with Crippen LogP contribution in [0.5, 0.6) is 5.75 Å². The van der Waals surface area contributed by atoms with Crippen molar-refractivity contribution in [3.8, 4) is 5.75 Å². The molecule has 194 valence electrons. The molecule has 0 radical (unpaired) electrons. The molecular weight excluding hydrogens is 494 g/mol. The minimum absolute atomic E-state index is 0.0901. The van der Waals surface area contributed by atoms with Gasteiger partial charge in [-0.25, -0.2) is 9.78 Å². The van der Waals surface area contributed by atoms with E-state index in [1.165, 1.54) is 15.8 Å². The number of benzene rings is 1. The van der Waals surface area contributed by atoms with Gasteiger partial charge in [0, 0.05) is 12.6 Å². The molecule has 1 saturated carbocycles. The lowest BCUT2D eigenvalue weighted by Crippen LogP contribution is -2.42. The monoisotopic (exact) mass is 523 g/mol. The van der Waals surface area contributed by atoms with Crippen molar-refractivity contribution < 1.29 is 23.9 Å². The van der Waals surface area contributed by atoms with E-state index in [0.717, 1.165) is 43.4 Å². The number of ketones is 1. The van der Waals surface area contributed by atoms with Crippen molar-refractivity contribution in [3.05, 3.63) is 50.9 Å². The number of carbonyl (C=O) groups is 3. The fourth-order valence-corrected chi connectivity index (χ4v) is 6.05. The summed E-state index contributed by atoms with van der Waals surface area (Å²) in [4.78, 5) is 58.7. The number of carbonyl (C=O) groups excluding carboxylic acids is 3. The van der Waals surface area contributed by atoms with Gasteiger partial charge in [0.1, 0.15) is 21.6 Å². The van der Waals surface area contributed by atoms with Gasteiger partial charge >= 0.3 is 5.97 Å². The molecule has 2 aliphatic rings. The van der Waals surface area contributed by atoms with E-state index in [0.29, 0.717) is 37.7 Å².